The fourth-order valence-corrected chi connectivity index (χ4v) is 0.234. The van der Waals surface area contributed by atoms with Gasteiger partial charge in [0.2, 0.25) is 0 Å². The summed E-state index contributed by atoms with van der Waals surface area (Å²) in [5.41, 5.74) is 0.930. The molecular weight excluding hydrogens is 189 g/mol. The number of rotatable bonds is 3. The van der Waals surface area contributed by atoms with E-state index in [4.69, 9.17) is 0 Å². The van der Waals surface area contributed by atoms with Gasteiger partial charge in [-0.05, 0) is 0 Å². The predicted molar refractivity (Wildman–Crippen MR) is 26.2 cm³/mol. The van der Waals surface area contributed by atoms with Crippen LogP contribution in [0.4, 0.5) is 22.0 Å². The quantitative estimate of drug-likeness (QED) is 0.533. The molecular formula is C4H4F5NO2. The van der Waals surface area contributed by atoms with Gasteiger partial charge in [0.25, 0.3) is 0 Å². The average Bonchev–Trinajstić information content (AvgIpc) is 1.84. The van der Waals surface area contributed by atoms with E-state index in [9.17, 15) is 26.7 Å². The zero-order valence-corrected chi connectivity index (χ0v) is 5.49. The second kappa shape index (κ2) is 4.19. The van der Waals surface area contributed by atoms with Crippen molar-refractivity contribution in [3.63, 3.8) is 0 Å². The van der Waals surface area contributed by atoms with E-state index in [1.807, 2.05) is 0 Å². The molecule has 0 fully saturated rings. The van der Waals surface area contributed by atoms with Crippen molar-refractivity contribution in [2.75, 3.05) is 6.61 Å². The smallest absolute Gasteiger partial charge is 0.266 e. The van der Waals surface area contributed by atoms with E-state index in [-0.39, 0.29) is 0 Å². The lowest BCUT2D eigenvalue weighted by atomic mass is 10.7. The summed E-state index contributed by atoms with van der Waals surface area (Å²) in [6, 6.07) is 0. The SMILES string of the molecule is O=C(NOCC(F)(F)F)C(F)F. The third-order valence-corrected chi connectivity index (χ3v) is 0.607. The molecule has 0 radical (unpaired) electrons. The van der Waals surface area contributed by atoms with Gasteiger partial charge < -0.3 is 0 Å². The maximum atomic E-state index is 11.3. The van der Waals surface area contributed by atoms with Crippen LogP contribution in [0.15, 0.2) is 0 Å². The van der Waals surface area contributed by atoms with E-state index in [1.54, 1.807) is 0 Å². The zero-order valence-electron chi connectivity index (χ0n) is 5.49. The Morgan fingerprint density at radius 1 is 1.42 bits per heavy atom. The fourth-order valence-electron chi connectivity index (χ4n) is 0.234. The number of carbonyl (C=O) groups is 1. The Labute approximate surface area is 63.4 Å². The highest BCUT2D eigenvalue weighted by atomic mass is 19.4. The monoisotopic (exact) mass is 193 g/mol. The Hall–Kier alpha value is -0.920. The van der Waals surface area contributed by atoms with Crippen molar-refractivity contribution in [3.8, 4) is 0 Å². The van der Waals surface area contributed by atoms with Gasteiger partial charge in [-0.25, -0.2) is 5.48 Å². The Balaban J connectivity index is 3.51. The third-order valence-electron chi connectivity index (χ3n) is 0.607. The van der Waals surface area contributed by atoms with E-state index in [1.165, 1.54) is 0 Å². The van der Waals surface area contributed by atoms with Crippen molar-refractivity contribution in [2.24, 2.45) is 0 Å². The van der Waals surface area contributed by atoms with Gasteiger partial charge >= 0.3 is 18.5 Å². The molecule has 0 aliphatic carbocycles. The largest absolute Gasteiger partial charge is 0.414 e. The number of amides is 1. The maximum Gasteiger partial charge on any atom is 0.414 e. The van der Waals surface area contributed by atoms with Crippen LogP contribution in [0.5, 0.6) is 0 Å². The van der Waals surface area contributed by atoms with Crippen molar-refractivity contribution >= 4 is 5.91 Å². The molecule has 0 aromatic rings. The van der Waals surface area contributed by atoms with Gasteiger partial charge in [0.15, 0.2) is 6.61 Å². The van der Waals surface area contributed by atoms with Gasteiger partial charge in [-0.2, -0.15) is 22.0 Å². The second-order valence-corrected chi connectivity index (χ2v) is 1.67. The highest BCUT2D eigenvalue weighted by molar-refractivity contribution is 5.77. The molecule has 1 amide bonds. The first-order valence-electron chi connectivity index (χ1n) is 2.59. The molecule has 0 aromatic carbocycles. The molecule has 12 heavy (non-hydrogen) atoms. The van der Waals surface area contributed by atoms with Gasteiger partial charge in [-0.3, -0.25) is 9.63 Å². The summed E-state index contributed by atoms with van der Waals surface area (Å²) in [6.07, 6.45) is -8.05. The van der Waals surface area contributed by atoms with Crippen molar-refractivity contribution in [1.82, 2.24) is 5.48 Å². The lowest BCUT2D eigenvalue weighted by Crippen LogP contribution is -2.33. The van der Waals surface area contributed by atoms with Crippen molar-refractivity contribution in [3.05, 3.63) is 0 Å². The predicted octanol–water partition coefficient (Wildman–Crippen LogP) is 0.862. The Morgan fingerprint density at radius 2 is 1.92 bits per heavy atom. The summed E-state index contributed by atoms with van der Waals surface area (Å²) in [5.74, 6) is -1.90. The van der Waals surface area contributed by atoms with Crippen LogP contribution in [-0.4, -0.2) is 25.1 Å². The molecule has 0 rings (SSSR count). The van der Waals surface area contributed by atoms with Gasteiger partial charge in [-0.1, -0.05) is 0 Å². The molecule has 0 bridgehead atoms. The van der Waals surface area contributed by atoms with E-state index in [0.717, 1.165) is 5.48 Å². The third kappa shape index (κ3) is 5.83. The Kier molecular flexibility index (Phi) is 3.87. The van der Waals surface area contributed by atoms with Gasteiger partial charge in [0, 0.05) is 0 Å². The van der Waals surface area contributed by atoms with Crippen LogP contribution in [0.3, 0.4) is 0 Å². The minimum absolute atomic E-state index is 0.930. The number of carbonyl (C=O) groups excluding carboxylic acids is 1. The molecule has 0 spiro atoms. The fraction of sp³-hybridized carbons (Fsp3) is 0.750. The van der Waals surface area contributed by atoms with Crippen LogP contribution in [0.25, 0.3) is 0 Å². The van der Waals surface area contributed by atoms with Crippen LogP contribution < -0.4 is 5.48 Å². The summed E-state index contributed by atoms with van der Waals surface area (Å²) in [6.45, 7) is -1.80. The molecule has 0 saturated heterocycles. The highest BCUT2D eigenvalue weighted by Crippen LogP contribution is 2.13. The lowest BCUT2D eigenvalue weighted by Gasteiger charge is -2.07. The first kappa shape index (κ1) is 11.1. The van der Waals surface area contributed by atoms with Crippen LogP contribution in [0, 0.1) is 0 Å². The van der Waals surface area contributed by atoms with Gasteiger partial charge in [0.05, 0.1) is 0 Å². The molecule has 3 nitrogen and oxygen atoms in total. The Bertz CT molecular complexity index is 156. The van der Waals surface area contributed by atoms with Crippen molar-refractivity contribution in [1.29, 1.82) is 0 Å². The first-order chi connectivity index (χ1) is 5.33. The molecule has 0 unspecified atom stereocenters. The standard InChI is InChI=1S/C4H4F5NO2/c5-2(6)3(11)10-12-1-4(7,8)9/h2H,1H2,(H,10,11). The van der Waals surface area contributed by atoms with E-state index < -0.39 is 25.1 Å². The topological polar surface area (TPSA) is 38.3 Å². The van der Waals surface area contributed by atoms with Crippen molar-refractivity contribution < 1.29 is 31.6 Å². The highest BCUT2D eigenvalue weighted by Gasteiger charge is 2.28. The molecule has 1 N–H and O–H groups in total. The number of hydrogen-bond donors (Lipinski definition) is 1. The van der Waals surface area contributed by atoms with Crippen LogP contribution in [-0.2, 0) is 9.63 Å². The van der Waals surface area contributed by atoms with Gasteiger partial charge in [-0.15, -0.1) is 0 Å². The Morgan fingerprint density at radius 3 is 2.25 bits per heavy atom. The summed E-state index contributed by atoms with van der Waals surface area (Å²) < 4.78 is 56.3. The molecule has 0 aliphatic heterocycles. The minimum Gasteiger partial charge on any atom is -0.266 e. The van der Waals surface area contributed by atoms with Crippen molar-refractivity contribution in [2.45, 2.75) is 12.6 Å². The summed E-state index contributed by atoms with van der Waals surface area (Å²) in [7, 11) is 0. The normalized spacial score (nSPS) is 11.8. The molecule has 8 heteroatoms. The molecule has 0 heterocycles. The van der Waals surface area contributed by atoms with Crippen LogP contribution >= 0.6 is 0 Å². The number of nitrogens with one attached hydrogen (secondary N) is 1. The lowest BCUT2D eigenvalue weighted by molar-refractivity contribution is -0.194. The minimum atomic E-state index is -4.66. The molecule has 0 aromatic heterocycles. The van der Waals surface area contributed by atoms with Gasteiger partial charge in [0.1, 0.15) is 0 Å². The molecule has 0 atom stereocenters. The van der Waals surface area contributed by atoms with Crippen LogP contribution in [0.1, 0.15) is 0 Å². The summed E-state index contributed by atoms with van der Waals surface area (Å²) >= 11 is 0. The molecule has 0 aliphatic rings. The summed E-state index contributed by atoms with van der Waals surface area (Å²) in [4.78, 5) is 13.3. The van der Waals surface area contributed by atoms with E-state index >= 15 is 0 Å². The number of alkyl halides is 5. The van der Waals surface area contributed by atoms with E-state index in [2.05, 4.69) is 4.84 Å². The first-order valence-corrected chi connectivity index (χ1v) is 2.59. The number of hydroxylamine groups is 1. The van der Waals surface area contributed by atoms with E-state index in [0.29, 0.717) is 0 Å². The average molecular weight is 193 g/mol. The zero-order chi connectivity index (χ0) is 9.78. The second-order valence-electron chi connectivity index (χ2n) is 1.67. The number of halogens is 5. The number of hydrogen-bond acceptors (Lipinski definition) is 2. The summed E-state index contributed by atoms with van der Waals surface area (Å²) in [5, 5.41) is 0. The molecule has 0 saturated carbocycles. The maximum absolute atomic E-state index is 11.3. The molecule has 72 valence electrons. The van der Waals surface area contributed by atoms with Crippen LogP contribution in [0.2, 0.25) is 0 Å².